The van der Waals surface area contributed by atoms with Gasteiger partial charge in [-0.25, -0.2) is 14.7 Å². The van der Waals surface area contributed by atoms with Gasteiger partial charge >= 0.3 is 5.63 Å². The van der Waals surface area contributed by atoms with Crippen LogP contribution >= 0.6 is 0 Å². The molecule has 150 valence electrons. The molecule has 0 spiro atoms. The first-order valence-corrected chi connectivity index (χ1v) is 9.11. The molecule has 31 heavy (non-hydrogen) atoms. The van der Waals surface area contributed by atoms with Crippen molar-refractivity contribution in [2.75, 3.05) is 4.90 Å². The summed E-state index contributed by atoms with van der Waals surface area (Å²) in [4.78, 5) is 53.3. The monoisotopic (exact) mass is 413 g/mol. The third kappa shape index (κ3) is 2.87. The number of carbonyl (C=O) groups excluding carboxylic acids is 2. The second-order valence-electron chi connectivity index (χ2n) is 6.80. The number of nitro benzene ring substituents is 1. The van der Waals surface area contributed by atoms with Gasteiger partial charge in [-0.3, -0.25) is 19.7 Å². The molecule has 0 unspecified atom stereocenters. The van der Waals surface area contributed by atoms with Crippen molar-refractivity contribution in [1.82, 2.24) is 4.98 Å². The Morgan fingerprint density at radius 3 is 2.32 bits per heavy atom. The SMILES string of the molecule is O=C1c2ccc([N+](=O)[O-])cc2C(=O)N1c1ccc(-c2nc3ccccc3c(=O)o2)cc1. The van der Waals surface area contributed by atoms with Crippen molar-refractivity contribution >= 4 is 34.1 Å². The van der Waals surface area contributed by atoms with Gasteiger partial charge in [-0.1, -0.05) is 12.1 Å². The van der Waals surface area contributed by atoms with E-state index in [-0.39, 0.29) is 28.4 Å². The third-order valence-corrected chi connectivity index (χ3v) is 4.99. The van der Waals surface area contributed by atoms with E-state index >= 15 is 0 Å². The summed E-state index contributed by atoms with van der Waals surface area (Å²) in [5.74, 6) is -1.11. The lowest BCUT2D eigenvalue weighted by Gasteiger charge is -2.14. The summed E-state index contributed by atoms with van der Waals surface area (Å²) in [5.41, 5.74) is 0.535. The molecule has 9 nitrogen and oxygen atoms in total. The van der Waals surface area contributed by atoms with Crippen LogP contribution in [0.25, 0.3) is 22.4 Å². The van der Waals surface area contributed by atoms with Gasteiger partial charge in [0.25, 0.3) is 17.5 Å². The second-order valence-corrected chi connectivity index (χ2v) is 6.80. The van der Waals surface area contributed by atoms with Gasteiger partial charge in [0.2, 0.25) is 5.89 Å². The van der Waals surface area contributed by atoms with Crippen LogP contribution in [-0.2, 0) is 0 Å². The molecule has 0 aliphatic carbocycles. The first-order chi connectivity index (χ1) is 14.9. The molecule has 1 aromatic heterocycles. The Kier molecular flexibility index (Phi) is 3.97. The maximum Gasteiger partial charge on any atom is 0.347 e. The summed E-state index contributed by atoms with van der Waals surface area (Å²) >= 11 is 0. The van der Waals surface area contributed by atoms with Gasteiger partial charge in [-0.15, -0.1) is 0 Å². The molecule has 0 fully saturated rings. The zero-order chi connectivity index (χ0) is 21.7. The second kappa shape index (κ2) is 6.70. The number of hydrogen-bond acceptors (Lipinski definition) is 7. The number of hydrogen-bond donors (Lipinski definition) is 0. The molecule has 1 aliphatic rings. The topological polar surface area (TPSA) is 124 Å². The molecule has 0 saturated carbocycles. The van der Waals surface area contributed by atoms with Gasteiger partial charge in [-0.2, -0.15) is 0 Å². The number of aromatic nitrogens is 1. The van der Waals surface area contributed by atoms with E-state index in [1.807, 2.05) is 0 Å². The Morgan fingerprint density at radius 2 is 1.58 bits per heavy atom. The molecule has 1 aliphatic heterocycles. The highest BCUT2D eigenvalue weighted by atomic mass is 16.6. The van der Waals surface area contributed by atoms with Crippen molar-refractivity contribution < 1.29 is 18.9 Å². The van der Waals surface area contributed by atoms with E-state index in [1.165, 1.54) is 24.3 Å². The summed E-state index contributed by atoms with van der Waals surface area (Å²) in [6.45, 7) is 0. The Bertz CT molecular complexity index is 1470. The van der Waals surface area contributed by atoms with Crippen LogP contribution in [-0.4, -0.2) is 21.7 Å². The van der Waals surface area contributed by atoms with Gasteiger partial charge < -0.3 is 4.42 Å². The quantitative estimate of drug-likeness (QED) is 0.286. The number of amides is 2. The van der Waals surface area contributed by atoms with Crippen molar-refractivity contribution in [2.24, 2.45) is 0 Å². The molecule has 2 heterocycles. The van der Waals surface area contributed by atoms with E-state index in [1.54, 1.807) is 36.4 Å². The predicted octanol–water partition coefficient (Wildman–Crippen LogP) is 3.56. The predicted molar refractivity (Wildman–Crippen MR) is 110 cm³/mol. The number of para-hydroxylation sites is 1. The van der Waals surface area contributed by atoms with Crippen LogP contribution in [0.1, 0.15) is 20.7 Å². The molecule has 5 rings (SSSR count). The highest BCUT2D eigenvalue weighted by Crippen LogP contribution is 2.32. The maximum absolute atomic E-state index is 12.7. The summed E-state index contributed by atoms with van der Waals surface area (Å²) in [6.07, 6.45) is 0. The minimum atomic E-state index is -0.646. The van der Waals surface area contributed by atoms with E-state index in [4.69, 9.17) is 4.42 Å². The number of anilines is 1. The van der Waals surface area contributed by atoms with E-state index in [0.717, 1.165) is 11.0 Å². The fourth-order valence-electron chi connectivity index (χ4n) is 3.47. The molecule has 0 saturated heterocycles. The van der Waals surface area contributed by atoms with E-state index in [2.05, 4.69) is 4.98 Å². The Hall–Kier alpha value is -4.66. The molecule has 0 bridgehead atoms. The standard InChI is InChI=1S/C22H11N3O6/c26-20-15-10-9-14(25(29)30)11-17(15)21(27)24(20)13-7-5-12(6-8-13)19-23-18-4-2-1-3-16(18)22(28)31-19/h1-11H. The van der Waals surface area contributed by atoms with E-state index in [0.29, 0.717) is 16.5 Å². The minimum absolute atomic E-state index is 0.0227. The normalized spacial score (nSPS) is 13.0. The number of carbonyl (C=O) groups is 2. The van der Waals surface area contributed by atoms with E-state index in [9.17, 15) is 24.5 Å². The third-order valence-electron chi connectivity index (χ3n) is 4.99. The molecule has 0 N–H and O–H groups in total. The van der Waals surface area contributed by atoms with Crippen LogP contribution < -0.4 is 10.5 Å². The minimum Gasteiger partial charge on any atom is -0.403 e. The van der Waals surface area contributed by atoms with Crippen molar-refractivity contribution in [3.8, 4) is 11.5 Å². The number of non-ortho nitro benzene ring substituents is 1. The molecule has 2 amide bonds. The zero-order valence-corrected chi connectivity index (χ0v) is 15.6. The summed E-state index contributed by atoms with van der Waals surface area (Å²) in [5, 5.41) is 11.3. The van der Waals surface area contributed by atoms with Crippen LogP contribution in [0, 0.1) is 10.1 Å². The smallest absolute Gasteiger partial charge is 0.347 e. The van der Waals surface area contributed by atoms with E-state index < -0.39 is 22.4 Å². The van der Waals surface area contributed by atoms with Gasteiger partial charge in [0.1, 0.15) is 0 Å². The lowest BCUT2D eigenvalue weighted by Crippen LogP contribution is -2.29. The van der Waals surface area contributed by atoms with Crippen LogP contribution in [0.3, 0.4) is 0 Å². The average molecular weight is 413 g/mol. The zero-order valence-electron chi connectivity index (χ0n) is 15.6. The molecule has 4 aromatic rings. The first kappa shape index (κ1) is 18.4. The number of fused-ring (bicyclic) bond motifs is 2. The van der Waals surface area contributed by atoms with Crippen molar-refractivity contribution in [2.45, 2.75) is 0 Å². The van der Waals surface area contributed by atoms with Gasteiger partial charge in [-0.05, 0) is 42.5 Å². The fraction of sp³-hybridized carbons (Fsp3) is 0. The van der Waals surface area contributed by atoms with Crippen LogP contribution in [0.5, 0.6) is 0 Å². The lowest BCUT2D eigenvalue weighted by atomic mass is 10.1. The van der Waals surface area contributed by atoms with Gasteiger partial charge in [0.05, 0.1) is 32.6 Å². The Morgan fingerprint density at radius 1 is 0.871 bits per heavy atom. The fourth-order valence-corrected chi connectivity index (χ4v) is 3.47. The van der Waals surface area contributed by atoms with Gasteiger partial charge in [0, 0.05) is 17.7 Å². The summed E-state index contributed by atoms with van der Waals surface area (Å²) < 4.78 is 5.29. The Balaban J connectivity index is 1.51. The number of imide groups is 1. The summed E-state index contributed by atoms with van der Waals surface area (Å²) in [7, 11) is 0. The highest BCUT2D eigenvalue weighted by Gasteiger charge is 2.37. The first-order valence-electron chi connectivity index (χ1n) is 9.11. The number of rotatable bonds is 3. The molecule has 0 radical (unpaired) electrons. The molecule has 3 aromatic carbocycles. The van der Waals surface area contributed by atoms with Crippen LogP contribution in [0.4, 0.5) is 11.4 Å². The van der Waals surface area contributed by atoms with Crippen molar-refractivity contribution in [3.63, 3.8) is 0 Å². The average Bonchev–Trinajstić information content (AvgIpc) is 3.03. The van der Waals surface area contributed by atoms with Crippen LogP contribution in [0.15, 0.2) is 75.9 Å². The molecule has 0 atom stereocenters. The Labute approximate surface area is 173 Å². The van der Waals surface area contributed by atoms with Crippen molar-refractivity contribution in [1.29, 1.82) is 0 Å². The largest absolute Gasteiger partial charge is 0.403 e. The number of nitrogens with zero attached hydrogens (tertiary/aromatic N) is 3. The number of benzene rings is 3. The van der Waals surface area contributed by atoms with Crippen molar-refractivity contribution in [3.05, 3.63) is 98.4 Å². The lowest BCUT2D eigenvalue weighted by molar-refractivity contribution is -0.384. The summed E-state index contributed by atoms with van der Waals surface area (Å²) in [6, 6.07) is 16.5. The number of nitro groups is 1. The molecular formula is C22H11N3O6. The molecular weight excluding hydrogens is 402 g/mol. The maximum atomic E-state index is 12.7. The van der Waals surface area contributed by atoms with Gasteiger partial charge in [0.15, 0.2) is 0 Å². The highest BCUT2D eigenvalue weighted by molar-refractivity contribution is 6.34. The molecule has 9 heteroatoms. The van der Waals surface area contributed by atoms with Crippen LogP contribution in [0.2, 0.25) is 0 Å².